The van der Waals surface area contributed by atoms with E-state index in [0.717, 1.165) is 5.56 Å². The lowest BCUT2D eigenvalue weighted by molar-refractivity contribution is -0.115. The molecular weight excluding hydrogens is 361 g/mol. The summed E-state index contributed by atoms with van der Waals surface area (Å²) < 4.78 is 24.3. The summed E-state index contributed by atoms with van der Waals surface area (Å²) in [5.41, 5.74) is 1.76. The minimum Gasteiger partial charge on any atom is -0.461 e. The quantitative estimate of drug-likeness (QED) is 0.543. The maximum atomic E-state index is 13.8. The van der Waals surface area contributed by atoms with Gasteiger partial charge in [-0.1, -0.05) is 41.6 Å². The molecular formula is C21H16FN3O3. The van der Waals surface area contributed by atoms with E-state index < -0.39 is 5.82 Å². The number of halogens is 1. The molecule has 0 aliphatic carbocycles. The molecule has 6 nitrogen and oxygen atoms in total. The van der Waals surface area contributed by atoms with Crippen LogP contribution in [0.4, 0.5) is 10.1 Å². The molecule has 2 aromatic carbocycles. The second-order valence-corrected chi connectivity index (χ2v) is 6.14. The molecule has 2 aromatic heterocycles. The summed E-state index contributed by atoms with van der Waals surface area (Å²) in [6.07, 6.45) is 1.82. The van der Waals surface area contributed by atoms with E-state index in [2.05, 4.69) is 15.5 Å². The van der Waals surface area contributed by atoms with Crippen molar-refractivity contribution in [3.05, 3.63) is 89.8 Å². The van der Waals surface area contributed by atoms with Gasteiger partial charge >= 0.3 is 0 Å². The van der Waals surface area contributed by atoms with Gasteiger partial charge in [0.25, 0.3) is 0 Å². The monoisotopic (exact) mass is 377 g/mol. The van der Waals surface area contributed by atoms with Gasteiger partial charge in [-0.3, -0.25) is 4.79 Å². The summed E-state index contributed by atoms with van der Waals surface area (Å²) in [5.74, 6) is 0.561. The number of anilines is 1. The molecule has 2 heterocycles. The minimum atomic E-state index is -0.401. The second-order valence-electron chi connectivity index (χ2n) is 6.14. The number of nitrogens with one attached hydrogen (secondary N) is 1. The Kier molecular flexibility index (Phi) is 4.97. The zero-order valence-electron chi connectivity index (χ0n) is 14.8. The molecule has 0 fully saturated rings. The highest BCUT2D eigenvalue weighted by Gasteiger charge is 2.14. The zero-order chi connectivity index (χ0) is 19.3. The largest absolute Gasteiger partial charge is 0.461 e. The average molecular weight is 377 g/mol. The van der Waals surface area contributed by atoms with Gasteiger partial charge in [-0.05, 0) is 35.4 Å². The van der Waals surface area contributed by atoms with Crippen LogP contribution in [0.15, 0.2) is 75.9 Å². The number of hydrogen-bond acceptors (Lipinski definition) is 5. The predicted octanol–water partition coefficient (Wildman–Crippen LogP) is 4.24. The molecule has 4 aromatic rings. The lowest BCUT2D eigenvalue weighted by Gasteiger charge is -2.10. The van der Waals surface area contributed by atoms with E-state index in [1.54, 1.807) is 36.4 Å². The van der Waals surface area contributed by atoms with E-state index in [9.17, 15) is 9.18 Å². The molecule has 4 rings (SSSR count). The molecule has 140 valence electrons. The summed E-state index contributed by atoms with van der Waals surface area (Å²) in [6.45, 7) is 0. The summed E-state index contributed by atoms with van der Waals surface area (Å²) in [5, 5.41) is 6.73. The molecule has 0 radical (unpaired) electrons. The van der Waals surface area contributed by atoms with E-state index >= 15 is 0 Å². The molecule has 0 atom stereocenters. The van der Waals surface area contributed by atoms with Crippen molar-refractivity contribution in [3.63, 3.8) is 0 Å². The number of aromatic nitrogens is 2. The van der Waals surface area contributed by atoms with Crippen molar-refractivity contribution in [1.29, 1.82) is 0 Å². The van der Waals surface area contributed by atoms with Crippen LogP contribution in [0.1, 0.15) is 17.0 Å². The third-order valence-corrected chi connectivity index (χ3v) is 4.15. The number of carbonyl (C=O) groups excluding carboxylic acids is 1. The molecule has 0 unspecified atom stereocenters. The predicted molar refractivity (Wildman–Crippen MR) is 100.0 cm³/mol. The number of amides is 1. The maximum Gasteiger partial charge on any atom is 0.238 e. The number of rotatable bonds is 6. The van der Waals surface area contributed by atoms with Crippen molar-refractivity contribution < 1.29 is 18.1 Å². The van der Waals surface area contributed by atoms with Crippen molar-refractivity contribution in [1.82, 2.24) is 10.1 Å². The van der Waals surface area contributed by atoms with E-state index in [1.165, 1.54) is 12.3 Å². The van der Waals surface area contributed by atoms with Gasteiger partial charge < -0.3 is 14.3 Å². The Morgan fingerprint density at radius 3 is 2.57 bits per heavy atom. The molecule has 0 saturated carbocycles. The van der Waals surface area contributed by atoms with Gasteiger partial charge in [0.05, 0.1) is 19.1 Å². The van der Waals surface area contributed by atoms with Crippen LogP contribution in [0.5, 0.6) is 0 Å². The second kappa shape index (κ2) is 7.87. The molecule has 0 spiro atoms. The van der Waals surface area contributed by atoms with Gasteiger partial charge in [-0.2, -0.15) is 4.98 Å². The summed E-state index contributed by atoms with van der Waals surface area (Å²) >= 11 is 0. The van der Waals surface area contributed by atoms with Gasteiger partial charge in [0, 0.05) is 5.69 Å². The molecule has 7 heteroatoms. The van der Waals surface area contributed by atoms with Gasteiger partial charge in [-0.25, -0.2) is 4.39 Å². The van der Waals surface area contributed by atoms with Crippen molar-refractivity contribution in [3.8, 4) is 11.6 Å². The van der Waals surface area contributed by atoms with E-state index in [4.69, 9.17) is 8.94 Å². The fraction of sp³-hybridized carbons (Fsp3) is 0.0952. The minimum absolute atomic E-state index is 0.0514. The fourth-order valence-electron chi connectivity index (χ4n) is 2.80. The Balaban J connectivity index is 1.48. The normalized spacial score (nSPS) is 10.8. The lowest BCUT2D eigenvalue weighted by Crippen LogP contribution is -2.16. The Hall–Kier alpha value is -3.74. The topological polar surface area (TPSA) is 81.2 Å². The Labute approximate surface area is 160 Å². The summed E-state index contributed by atoms with van der Waals surface area (Å²) in [6, 6.07) is 17.0. The zero-order valence-corrected chi connectivity index (χ0v) is 14.8. The first-order valence-corrected chi connectivity index (χ1v) is 8.66. The molecule has 0 bridgehead atoms. The van der Waals surface area contributed by atoms with E-state index in [1.807, 2.05) is 18.2 Å². The van der Waals surface area contributed by atoms with Gasteiger partial charge in [-0.15, -0.1) is 0 Å². The Bertz CT molecular complexity index is 1090. The smallest absolute Gasteiger partial charge is 0.238 e. The van der Waals surface area contributed by atoms with Crippen LogP contribution in [0, 0.1) is 5.82 Å². The highest BCUT2D eigenvalue weighted by atomic mass is 19.1. The van der Waals surface area contributed by atoms with Crippen LogP contribution >= 0.6 is 0 Å². The van der Waals surface area contributed by atoms with E-state index in [-0.39, 0.29) is 12.3 Å². The number of para-hydroxylation sites is 1. The highest BCUT2D eigenvalue weighted by Crippen LogP contribution is 2.21. The molecule has 1 N–H and O–H groups in total. The van der Waals surface area contributed by atoms with Crippen LogP contribution < -0.4 is 5.32 Å². The first-order chi connectivity index (χ1) is 13.7. The summed E-state index contributed by atoms with van der Waals surface area (Å²) in [4.78, 5) is 16.7. The first-order valence-electron chi connectivity index (χ1n) is 8.66. The van der Waals surface area contributed by atoms with Crippen LogP contribution in [0.2, 0.25) is 0 Å². The number of hydrogen-bond donors (Lipinski definition) is 1. The fourth-order valence-corrected chi connectivity index (χ4v) is 2.80. The Morgan fingerprint density at radius 2 is 1.79 bits per heavy atom. The van der Waals surface area contributed by atoms with Crippen LogP contribution in [-0.2, 0) is 17.6 Å². The highest BCUT2D eigenvalue weighted by molar-refractivity contribution is 5.93. The number of benzene rings is 2. The number of furan rings is 1. The molecule has 0 aliphatic rings. The molecule has 0 aliphatic heterocycles. The van der Waals surface area contributed by atoms with Crippen molar-refractivity contribution in [2.75, 3.05) is 5.32 Å². The van der Waals surface area contributed by atoms with E-state index in [0.29, 0.717) is 35.1 Å². The third kappa shape index (κ3) is 3.98. The van der Waals surface area contributed by atoms with Crippen molar-refractivity contribution in [2.24, 2.45) is 0 Å². The summed E-state index contributed by atoms with van der Waals surface area (Å²) in [7, 11) is 0. The number of nitrogens with zero attached hydrogens (tertiary/aromatic N) is 2. The lowest BCUT2D eigenvalue weighted by atomic mass is 10.1. The molecule has 0 saturated heterocycles. The van der Waals surface area contributed by atoms with Gasteiger partial charge in [0.2, 0.25) is 17.6 Å². The van der Waals surface area contributed by atoms with Crippen LogP contribution in [-0.4, -0.2) is 16.0 Å². The SMILES string of the molecule is O=C(Cc1ccccc1F)Nc1ccccc1Cc1nc(-c2ccco2)no1. The molecule has 28 heavy (non-hydrogen) atoms. The van der Waals surface area contributed by atoms with Crippen molar-refractivity contribution in [2.45, 2.75) is 12.8 Å². The molecule has 1 amide bonds. The number of carbonyl (C=O) groups is 1. The third-order valence-electron chi connectivity index (χ3n) is 4.15. The first kappa shape index (κ1) is 17.7. The Morgan fingerprint density at radius 1 is 1.00 bits per heavy atom. The van der Waals surface area contributed by atoms with Crippen LogP contribution in [0.3, 0.4) is 0 Å². The average Bonchev–Trinajstić information content (AvgIpc) is 3.37. The van der Waals surface area contributed by atoms with Crippen LogP contribution in [0.25, 0.3) is 11.6 Å². The maximum absolute atomic E-state index is 13.8. The van der Waals surface area contributed by atoms with Crippen molar-refractivity contribution >= 4 is 11.6 Å². The standard InChI is InChI=1S/C21H16FN3O3/c22-16-8-3-1-6-14(16)12-19(26)23-17-9-4-2-7-15(17)13-20-24-21(25-28-20)18-10-5-11-27-18/h1-11H,12-13H2,(H,23,26). The van der Waals surface area contributed by atoms with Gasteiger partial charge in [0.15, 0.2) is 5.76 Å². The van der Waals surface area contributed by atoms with Gasteiger partial charge in [0.1, 0.15) is 5.82 Å².